The Morgan fingerprint density at radius 2 is 1.64 bits per heavy atom. The van der Waals surface area contributed by atoms with E-state index in [1.54, 1.807) is 12.1 Å². The van der Waals surface area contributed by atoms with Gasteiger partial charge in [-0.15, -0.1) is 10.3 Å². The summed E-state index contributed by atoms with van der Waals surface area (Å²) < 4.78 is 0. The average molecular weight is 302 g/mol. The van der Waals surface area contributed by atoms with Crippen LogP contribution in [-0.2, 0) is 0 Å². The zero-order valence-corrected chi connectivity index (χ0v) is 11.0. The van der Waals surface area contributed by atoms with Gasteiger partial charge < -0.3 is 10.3 Å². The number of non-ortho nitro benzene ring substituents is 1. The summed E-state index contributed by atoms with van der Waals surface area (Å²) in [7, 11) is 0. The second kappa shape index (κ2) is 6.31. The molecule has 0 unspecified atom stereocenters. The molecule has 0 aliphatic rings. The molecule has 2 N–H and O–H groups in total. The molecule has 0 fully saturated rings. The second-order valence-electron chi connectivity index (χ2n) is 4.11. The quantitative estimate of drug-likeness (QED) is 0.378. The van der Waals surface area contributed by atoms with Crippen LogP contribution in [0.15, 0.2) is 53.8 Å². The van der Waals surface area contributed by atoms with Crippen molar-refractivity contribution in [2.75, 3.05) is 5.43 Å². The molecule has 2 aromatic carbocycles. The topological polar surface area (TPSA) is 131 Å². The Hall–Kier alpha value is -3.49. The van der Waals surface area contributed by atoms with E-state index in [0.717, 1.165) is 0 Å². The fourth-order valence-corrected chi connectivity index (χ4v) is 1.63. The molecule has 0 aliphatic carbocycles. The Bertz CT molecular complexity index is 742. The number of para-hydroxylation sites is 1. The SMILES string of the molecule is O=C(O)c1ccccc1N/N=[N+](\[O-])c1ccc([N+](=O)[O-])cc1. The number of carbonyl (C=O) groups is 1. The van der Waals surface area contributed by atoms with Gasteiger partial charge in [0.15, 0.2) is 11.4 Å². The third kappa shape index (κ3) is 3.33. The summed E-state index contributed by atoms with van der Waals surface area (Å²) in [5.41, 5.74) is 2.38. The van der Waals surface area contributed by atoms with Crippen LogP contribution in [0.2, 0.25) is 0 Å². The first kappa shape index (κ1) is 14.9. The fraction of sp³-hybridized carbons (Fsp3) is 0. The maximum Gasteiger partial charge on any atom is 0.340 e. The molecular weight excluding hydrogens is 292 g/mol. The van der Waals surface area contributed by atoms with Crippen molar-refractivity contribution in [2.45, 2.75) is 0 Å². The van der Waals surface area contributed by atoms with Crippen molar-refractivity contribution in [1.82, 2.24) is 0 Å². The van der Waals surface area contributed by atoms with Gasteiger partial charge in [-0.05, 0) is 24.3 Å². The summed E-state index contributed by atoms with van der Waals surface area (Å²) in [5, 5.41) is 34.7. The van der Waals surface area contributed by atoms with E-state index in [1.807, 2.05) is 0 Å². The highest BCUT2D eigenvalue weighted by molar-refractivity contribution is 5.94. The van der Waals surface area contributed by atoms with Crippen molar-refractivity contribution in [3.8, 4) is 0 Å². The molecule has 0 aromatic heterocycles. The fourth-order valence-electron chi connectivity index (χ4n) is 1.63. The lowest BCUT2D eigenvalue weighted by atomic mass is 10.2. The van der Waals surface area contributed by atoms with E-state index < -0.39 is 10.9 Å². The smallest absolute Gasteiger partial charge is 0.340 e. The first-order valence-corrected chi connectivity index (χ1v) is 5.99. The molecular formula is C13H10N4O5. The van der Waals surface area contributed by atoms with Crippen LogP contribution in [0.4, 0.5) is 17.1 Å². The number of aromatic carboxylic acids is 1. The van der Waals surface area contributed by atoms with Gasteiger partial charge >= 0.3 is 5.97 Å². The average Bonchev–Trinajstić information content (AvgIpc) is 2.52. The largest absolute Gasteiger partial charge is 0.691 e. The Morgan fingerprint density at radius 1 is 1.05 bits per heavy atom. The number of nitrogens with zero attached hydrogens (tertiary/aromatic N) is 3. The number of anilines is 1. The Labute approximate surface area is 123 Å². The van der Waals surface area contributed by atoms with E-state index in [0.29, 0.717) is 0 Å². The lowest BCUT2D eigenvalue weighted by molar-refractivity contribution is -0.440. The minimum absolute atomic E-state index is 0.0386. The predicted molar refractivity (Wildman–Crippen MR) is 75.8 cm³/mol. The van der Waals surface area contributed by atoms with Gasteiger partial charge in [0.1, 0.15) is 5.56 Å². The van der Waals surface area contributed by atoms with Gasteiger partial charge in [-0.25, -0.2) is 4.79 Å². The summed E-state index contributed by atoms with van der Waals surface area (Å²) in [6, 6.07) is 10.8. The number of benzene rings is 2. The molecule has 0 saturated heterocycles. The van der Waals surface area contributed by atoms with E-state index in [4.69, 9.17) is 5.11 Å². The molecule has 0 atom stereocenters. The minimum Gasteiger partial charge on any atom is -0.691 e. The number of nitro groups is 1. The lowest BCUT2D eigenvalue weighted by Gasteiger charge is -2.05. The zero-order valence-electron chi connectivity index (χ0n) is 11.0. The van der Waals surface area contributed by atoms with Crippen molar-refractivity contribution in [3.05, 3.63) is 69.4 Å². The van der Waals surface area contributed by atoms with Gasteiger partial charge in [0.2, 0.25) is 0 Å². The third-order valence-electron chi connectivity index (χ3n) is 2.70. The van der Waals surface area contributed by atoms with Gasteiger partial charge in [0.25, 0.3) is 5.69 Å². The number of rotatable bonds is 5. The molecule has 0 spiro atoms. The van der Waals surface area contributed by atoms with Crippen LogP contribution >= 0.6 is 0 Å². The number of nitrogens with one attached hydrogen (secondary N) is 1. The van der Waals surface area contributed by atoms with Gasteiger partial charge in [-0.2, -0.15) is 0 Å². The summed E-state index contributed by atoms with van der Waals surface area (Å²) in [4.78, 5) is 21.1. The summed E-state index contributed by atoms with van der Waals surface area (Å²) >= 11 is 0. The van der Waals surface area contributed by atoms with Crippen LogP contribution in [-0.4, -0.2) is 20.9 Å². The van der Waals surface area contributed by atoms with Crippen LogP contribution in [0.3, 0.4) is 0 Å². The third-order valence-corrected chi connectivity index (χ3v) is 2.70. The van der Waals surface area contributed by atoms with E-state index in [1.165, 1.54) is 36.4 Å². The molecule has 112 valence electrons. The van der Waals surface area contributed by atoms with Crippen molar-refractivity contribution in [2.24, 2.45) is 5.22 Å². The van der Waals surface area contributed by atoms with E-state index >= 15 is 0 Å². The van der Waals surface area contributed by atoms with Crippen molar-refractivity contribution in [3.63, 3.8) is 0 Å². The Balaban J connectivity index is 2.19. The Kier molecular flexibility index (Phi) is 4.27. The van der Waals surface area contributed by atoms with Crippen LogP contribution in [0, 0.1) is 15.3 Å². The van der Waals surface area contributed by atoms with Crippen LogP contribution in [0.5, 0.6) is 0 Å². The normalized spacial score (nSPS) is 11.0. The maximum absolute atomic E-state index is 11.8. The molecule has 0 heterocycles. The van der Waals surface area contributed by atoms with Gasteiger partial charge in [0.05, 0.1) is 10.1 Å². The van der Waals surface area contributed by atoms with Crippen molar-refractivity contribution < 1.29 is 19.7 Å². The predicted octanol–water partition coefficient (Wildman–Crippen LogP) is 2.91. The highest BCUT2D eigenvalue weighted by Crippen LogP contribution is 2.19. The Morgan fingerprint density at radius 3 is 2.23 bits per heavy atom. The minimum atomic E-state index is -1.16. The monoisotopic (exact) mass is 302 g/mol. The molecule has 0 amide bonds. The number of nitro benzene ring substituents is 1. The highest BCUT2D eigenvalue weighted by atomic mass is 16.6. The molecule has 0 aliphatic heterocycles. The molecule has 9 heteroatoms. The number of carboxylic acids is 1. The summed E-state index contributed by atoms with van der Waals surface area (Å²) in [5.74, 6) is -1.16. The van der Waals surface area contributed by atoms with Gasteiger partial charge in [-0.1, -0.05) is 12.1 Å². The van der Waals surface area contributed by atoms with E-state index in [9.17, 15) is 20.1 Å². The molecule has 0 bridgehead atoms. The van der Waals surface area contributed by atoms with E-state index in [2.05, 4.69) is 10.6 Å². The summed E-state index contributed by atoms with van der Waals surface area (Å²) in [6.45, 7) is 0. The highest BCUT2D eigenvalue weighted by Gasteiger charge is 2.12. The van der Waals surface area contributed by atoms with Crippen LogP contribution in [0.1, 0.15) is 10.4 Å². The number of hydrogen-bond donors (Lipinski definition) is 2. The van der Waals surface area contributed by atoms with Crippen LogP contribution in [0.25, 0.3) is 0 Å². The molecule has 9 nitrogen and oxygen atoms in total. The van der Waals surface area contributed by atoms with E-state index in [-0.39, 0.29) is 27.5 Å². The number of carboxylic acid groups (broad SMARTS) is 1. The molecule has 22 heavy (non-hydrogen) atoms. The van der Waals surface area contributed by atoms with Crippen molar-refractivity contribution >= 4 is 23.0 Å². The maximum atomic E-state index is 11.8. The number of hydrogen-bond acceptors (Lipinski definition) is 5. The lowest BCUT2D eigenvalue weighted by Crippen LogP contribution is -2.04. The molecule has 2 aromatic rings. The zero-order chi connectivity index (χ0) is 16.1. The second-order valence-corrected chi connectivity index (χ2v) is 4.11. The van der Waals surface area contributed by atoms with Crippen LogP contribution < -0.4 is 5.43 Å². The molecule has 0 saturated carbocycles. The first-order chi connectivity index (χ1) is 10.5. The molecule has 0 radical (unpaired) electrons. The summed E-state index contributed by atoms with van der Waals surface area (Å²) in [6.07, 6.45) is 0. The molecule has 2 rings (SSSR count). The standard InChI is InChI=1S/C13H10N4O5/c18-13(19)11-3-1-2-4-12(11)14-15-16(20)9-5-7-10(8-6-9)17(21)22/h1-8,14H,(H,18,19)/b16-15-. The first-order valence-electron chi connectivity index (χ1n) is 5.99. The van der Waals surface area contributed by atoms with Gasteiger partial charge in [-0.3, -0.25) is 10.1 Å². The van der Waals surface area contributed by atoms with Gasteiger partial charge in [0, 0.05) is 12.1 Å². The van der Waals surface area contributed by atoms with Crippen molar-refractivity contribution in [1.29, 1.82) is 0 Å².